The first-order valence-electron chi connectivity index (χ1n) is 6.02. The van der Waals surface area contributed by atoms with Gasteiger partial charge in [-0.25, -0.2) is 0 Å². The average Bonchev–Trinajstić information content (AvgIpc) is 2.39. The van der Waals surface area contributed by atoms with Gasteiger partial charge in [-0.05, 0) is 19.3 Å². The summed E-state index contributed by atoms with van der Waals surface area (Å²) >= 11 is 0.856. The molecule has 2 rings (SSSR count). The molecule has 1 fully saturated rings. The van der Waals surface area contributed by atoms with Crippen molar-refractivity contribution in [3.05, 3.63) is 42.2 Å². The monoisotopic (exact) mass is 479 g/mol. The van der Waals surface area contributed by atoms with Crippen molar-refractivity contribution < 1.29 is 8.78 Å². The normalized spacial score (nSPS) is 14.6. The zero-order chi connectivity index (χ0) is 14.3. The maximum atomic E-state index is 12.4. The Morgan fingerprint density at radius 3 is 2.05 bits per heavy atom. The second-order valence-corrected chi connectivity index (χ2v) is 7.30. The first-order valence-corrected chi connectivity index (χ1v) is 11.6. The van der Waals surface area contributed by atoms with Gasteiger partial charge in [0.2, 0.25) is 0 Å². The number of hydrogen-bond acceptors (Lipinski definition) is 3. The third-order valence-electron chi connectivity index (χ3n) is 2.72. The molecule has 103 valence electrons. The van der Waals surface area contributed by atoms with Crippen molar-refractivity contribution >= 4 is 32.6 Å². The van der Waals surface area contributed by atoms with Crippen LogP contribution in [0.1, 0.15) is 19.3 Å². The van der Waals surface area contributed by atoms with E-state index in [0.29, 0.717) is 4.90 Å². The summed E-state index contributed by atoms with van der Waals surface area (Å²) in [6.45, 7) is 5.90. The SMILES string of the molecule is C=C(N)N1CCCCC1.Fc1cc(F)cc([S][Pb])c1. The van der Waals surface area contributed by atoms with Gasteiger partial charge in [0.15, 0.2) is 0 Å². The Hall–Kier alpha value is -0.308. The van der Waals surface area contributed by atoms with E-state index >= 15 is 0 Å². The third-order valence-corrected chi connectivity index (χ3v) is 5.94. The van der Waals surface area contributed by atoms with Gasteiger partial charge in [0, 0.05) is 13.1 Å². The number of nitrogens with zero attached hydrogens (tertiary/aromatic N) is 1. The molecule has 1 aromatic carbocycles. The van der Waals surface area contributed by atoms with Gasteiger partial charge in [-0.15, -0.1) is 0 Å². The van der Waals surface area contributed by atoms with Crippen LogP contribution in [0, 0.1) is 11.6 Å². The van der Waals surface area contributed by atoms with E-state index < -0.39 is 11.6 Å². The molecule has 1 aliphatic rings. The zero-order valence-electron chi connectivity index (χ0n) is 10.7. The summed E-state index contributed by atoms with van der Waals surface area (Å²) in [5, 5.41) is 0. The van der Waals surface area contributed by atoms with E-state index in [4.69, 9.17) is 5.73 Å². The Morgan fingerprint density at radius 2 is 1.68 bits per heavy atom. The molecule has 0 aromatic heterocycles. The number of likely N-dealkylation sites (tertiary alicyclic amines) is 1. The van der Waals surface area contributed by atoms with Crippen LogP contribution < -0.4 is 5.73 Å². The predicted octanol–water partition coefficient (Wildman–Crippen LogP) is 3.04. The molecular weight excluding hydrogens is 461 g/mol. The summed E-state index contributed by atoms with van der Waals surface area (Å²) in [7, 11) is 1.46. The standard InChI is InChI=1S/C7H14N2.C6H4F2S.Pb/c1-7(8)9-5-3-2-4-6-9;7-4-1-5(8)3-6(9)2-4;/h1-6,8H2;1-3,9H;/q;;+1/p-1. The molecule has 0 aliphatic carbocycles. The van der Waals surface area contributed by atoms with E-state index in [1.165, 1.54) is 39.7 Å². The van der Waals surface area contributed by atoms with E-state index in [1.54, 1.807) is 0 Å². The minimum atomic E-state index is -0.502. The van der Waals surface area contributed by atoms with Gasteiger partial charge >= 0.3 is 76.1 Å². The molecule has 3 radical (unpaired) electrons. The molecule has 6 heteroatoms. The van der Waals surface area contributed by atoms with Crippen LogP contribution >= 0.6 is 8.31 Å². The molecule has 1 aliphatic heterocycles. The molecule has 1 heterocycles. The van der Waals surface area contributed by atoms with Crippen LogP contribution in [0.2, 0.25) is 0 Å². The Morgan fingerprint density at radius 1 is 1.16 bits per heavy atom. The molecule has 19 heavy (non-hydrogen) atoms. The van der Waals surface area contributed by atoms with Crippen molar-refractivity contribution in [2.24, 2.45) is 5.73 Å². The number of rotatable bonds is 2. The van der Waals surface area contributed by atoms with Gasteiger partial charge < -0.3 is 10.6 Å². The van der Waals surface area contributed by atoms with Crippen molar-refractivity contribution in [3.63, 3.8) is 0 Å². The number of piperidine rings is 1. The average molecular weight is 479 g/mol. The molecular formula is C13H17F2N2PbS. The van der Waals surface area contributed by atoms with Crippen molar-refractivity contribution in [3.8, 4) is 0 Å². The fourth-order valence-corrected chi connectivity index (χ4v) is 3.49. The Bertz CT molecular complexity index is 403. The Labute approximate surface area is 131 Å². The molecule has 2 N–H and O–H groups in total. The van der Waals surface area contributed by atoms with Gasteiger partial charge in [-0.1, -0.05) is 6.58 Å². The third kappa shape index (κ3) is 6.60. The fourth-order valence-electron chi connectivity index (χ4n) is 1.77. The van der Waals surface area contributed by atoms with E-state index in [9.17, 15) is 8.78 Å². The molecule has 0 unspecified atom stereocenters. The van der Waals surface area contributed by atoms with Crippen molar-refractivity contribution in [1.29, 1.82) is 0 Å². The number of hydrogen-bond donors (Lipinski definition) is 1. The molecule has 2 nitrogen and oxygen atoms in total. The first kappa shape index (κ1) is 16.7. The minimum absolute atomic E-state index is 0.502. The summed E-state index contributed by atoms with van der Waals surface area (Å²) < 4.78 is 24.8. The molecule has 0 bridgehead atoms. The van der Waals surface area contributed by atoms with Gasteiger partial charge in [-0.2, -0.15) is 0 Å². The summed E-state index contributed by atoms with van der Waals surface area (Å²) in [4.78, 5) is 2.81. The summed E-state index contributed by atoms with van der Waals surface area (Å²) in [5.74, 6) is -0.272. The van der Waals surface area contributed by atoms with Crippen molar-refractivity contribution in [2.45, 2.75) is 24.2 Å². The van der Waals surface area contributed by atoms with Gasteiger partial charge in [0.25, 0.3) is 0 Å². The van der Waals surface area contributed by atoms with Crippen LogP contribution in [0.25, 0.3) is 0 Å². The van der Waals surface area contributed by atoms with Crippen LogP contribution in [-0.4, -0.2) is 42.3 Å². The van der Waals surface area contributed by atoms with Gasteiger partial charge in [0.1, 0.15) is 0 Å². The fraction of sp³-hybridized carbons (Fsp3) is 0.385. The van der Waals surface area contributed by atoms with E-state index in [1.807, 2.05) is 0 Å². The molecule has 1 saturated heterocycles. The Balaban J connectivity index is 0.000000191. The van der Waals surface area contributed by atoms with Crippen LogP contribution in [0.3, 0.4) is 0 Å². The number of nitrogens with two attached hydrogens (primary N) is 1. The van der Waals surface area contributed by atoms with Crippen LogP contribution in [-0.2, 0) is 0 Å². The van der Waals surface area contributed by atoms with E-state index in [2.05, 4.69) is 11.5 Å². The Kier molecular flexibility index (Phi) is 7.74. The van der Waals surface area contributed by atoms with E-state index in [0.717, 1.165) is 49.2 Å². The second-order valence-electron chi connectivity index (χ2n) is 4.25. The van der Waals surface area contributed by atoms with Gasteiger partial charge in [0.05, 0.1) is 5.82 Å². The van der Waals surface area contributed by atoms with Gasteiger partial charge in [-0.3, -0.25) is 0 Å². The maximum absolute atomic E-state index is 12.4. The molecule has 0 saturated carbocycles. The predicted molar refractivity (Wildman–Crippen MR) is 76.7 cm³/mol. The second kappa shape index (κ2) is 8.78. The van der Waals surface area contributed by atoms with Crippen LogP contribution in [0.15, 0.2) is 35.5 Å². The summed E-state index contributed by atoms with van der Waals surface area (Å²) in [5.41, 5.74) is 5.50. The van der Waals surface area contributed by atoms with Crippen molar-refractivity contribution in [1.82, 2.24) is 4.90 Å². The van der Waals surface area contributed by atoms with Crippen LogP contribution in [0.5, 0.6) is 0 Å². The zero-order valence-corrected chi connectivity index (χ0v) is 15.4. The first-order chi connectivity index (χ1) is 9.02. The quantitative estimate of drug-likeness (QED) is 0.663. The number of benzene rings is 1. The number of halogens is 2. The van der Waals surface area contributed by atoms with Crippen molar-refractivity contribution in [2.75, 3.05) is 13.1 Å². The topological polar surface area (TPSA) is 29.3 Å². The molecule has 0 spiro atoms. The molecule has 0 amide bonds. The van der Waals surface area contributed by atoms with E-state index in [-0.39, 0.29) is 0 Å². The summed E-state index contributed by atoms with van der Waals surface area (Å²) in [6.07, 6.45) is 3.90. The molecule has 1 aromatic rings. The van der Waals surface area contributed by atoms with Crippen LogP contribution in [0.4, 0.5) is 8.78 Å². The summed E-state index contributed by atoms with van der Waals surface area (Å²) in [6, 6.07) is 3.54. The molecule has 0 atom stereocenters.